The molecular weight excluding hydrogens is 214 g/mol. The van der Waals surface area contributed by atoms with E-state index in [1.54, 1.807) is 6.07 Å². The van der Waals surface area contributed by atoms with Crippen molar-refractivity contribution in [2.24, 2.45) is 0 Å². The number of benzene rings is 1. The Labute approximate surface area is 102 Å². The number of anilines is 1. The van der Waals surface area contributed by atoms with Crippen LogP contribution in [-0.4, -0.2) is 19.0 Å². The van der Waals surface area contributed by atoms with Crippen LogP contribution < -0.4 is 10.6 Å². The summed E-state index contributed by atoms with van der Waals surface area (Å²) >= 11 is 0. The second-order valence-corrected chi connectivity index (χ2v) is 3.74. The van der Waals surface area contributed by atoms with Gasteiger partial charge in [-0.15, -0.1) is 0 Å². The van der Waals surface area contributed by atoms with Crippen LogP contribution in [0, 0.1) is 18.3 Å². The molecule has 4 heteroatoms. The molecule has 90 valence electrons. The lowest BCUT2D eigenvalue weighted by Crippen LogP contribution is -2.24. The number of hydrogen-bond acceptors (Lipinski definition) is 3. The highest BCUT2D eigenvalue weighted by molar-refractivity contribution is 5.76. The van der Waals surface area contributed by atoms with E-state index in [1.165, 1.54) is 0 Å². The van der Waals surface area contributed by atoms with Crippen molar-refractivity contribution >= 4 is 11.6 Å². The highest BCUT2D eigenvalue weighted by Gasteiger charge is 2.05. The number of hydrogen-bond donors (Lipinski definition) is 2. The molecule has 0 atom stereocenters. The molecule has 2 N–H and O–H groups in total. The molecule has 0 bridgehead atoms. The van der Waals surface area contributed by atoms with Crippen LogP contribution in [0.25, 0.3) is 0 Å². The second-order valence-electron chi connectivity index (χ2n) is 3.74. The Hall–Kier alpha value is -2.02. The van der Waals surface area contributed by atoms with Crippen molar-refractivity contribution in [3.8, 4) is 6.07 Å². The molecule has 1 amide bonds. The monoisotopic (exact) mass is 231 g/mol. The van der Waals surface area contributed by atoms with Crippen molar-refractivity contribution < 1.29 is 4.79 Å². The fourth-order valence-electron chi connectivity index (χ4n) is 1.58. The van der Waals surface area contributed by atoms with Gasteiger partial charge in [0.2, 0.25) is 5.91 Å². The number of carbonyl (C=O) groups excluding carboxylic acids is 1. The van der Waals surface area contributed by atoms with Crippen LogP contribution in [0.5, 0.6) is 0 Å². The van der Waals surface area contributed by atoms with E-state index < -0.39 is 0 Å². The van der Waals surface area contributed by atoms with Crippen molar-refractivity contribution in [3.05, 3.63) is 29.3 Å². The van der Waals surface area contributed by atoms with E-state index in [0.717, 1.165) is 11.3 Å². The van der Waals surface area contributed by atoms with Gasteiger partial charge in [0.05, 0.1) is 11.3 Å². The van der Waals surface area contributed by atoms with Gasteiger partial charge in [-0.05, 0) is 25.5 Å². The summed E-state index contributed by atoms with van der Waals surface area (Å²) in [5.41, 5.74) is 2.44. The third kappa shape index (κ3) is 3.80. The Morgan fingerprint density at radius 1 is 1.47 bits per heavy atom. The molecule has 0 radical (unpaired) electrons. The molecule has 0 heterocycles. The molecule has 0 aliphatic rings. The standard InChI is InChI=1S/C13H17N3O/c1-3-15-12(17)7-8-16-13-10(2)5-4-6-11(13)9-14/h4-6,16H,3,7-8H2,1-2H3,(H,15,17). The van der Waals surface area contributed by atoms with Gasteiger partial charge in [0, 0.05) is 19.5 Å². The largest absolute Gasteiger partial charge is 0.383 e. The fourth-order valence-corrected chi connectivity index (χ4v) is 1.58. The van der Waals surface area contributed by atoms with Gasteiger partial charge in [0.25, 0.3) is 0 Å². The smallest absolute Gasteiger partial charge is 0.221 e. The first-order valence-electron chi connectivity index (χ1n) is 5.69. The summed E-state index contributed by atoms with van der Waals surface area (Å²) in [5, 5.41) is 14.8. The maximum atomic E-state index is 11.3. The summed E-state index contributed by atoms with van der Waals surface area (Å²) in [6, 6.07) is 7.69. The van der Waals surface area contributed by atoms with Crippen molar-refractivity contribution in [1.29, 1.82) is 5.26 Å². The van der Waals surface area contributed by atoms with Crippen LogP contribution in [0.1, 0.15) is 24.5 Å². The van der Waals surface area contributed by atoms with Crippen LogP contribution >= 0.6 is 0 Å². The molecule has 0 aromatic heterocycles. The lowest BCUT2D eigenvalue weighted by molar-refractivity contribution is -0.120. The van der Waals surface area contributed by atoms with E-state index in [-0.39, 0.29) is 5.91 Å². The third-order valence-electron chi connectivity index (χ3n) is 2.42. The summed E-state index contributed by atoms with van der Waals surface area (Å²) in [6.45, 7) is 5.01. The summed E-state index contributed by atoms with van der Waals surface area (Å²) in [5.74, 6) is 0.0205. The van der Waals surface area contributed by atoms with Crippen molar-refractivity contribution in [2.75, 3.05) is 18.4 Å². The van der Waals surface area contributed by atoms with Gasteiger partial charge in [0.15, 0.2) is 0 Å². The molecule has 0 fully saturated rings. The Morgan fingerprint density at radius 3 is 2.88 bits per heavy atom. The maximum absolute atomic E-state index is 11.3. The van der Waals surface area contributed by atoms with Gasteiger partial charge in [-0.1, -0.05) is 12.1 Å². The molecule has 17 heavy (non-hydrogen) atoms. The summed E-state index contributed by atoms with van der Waals surface area (Å²) in [6.07, 6.45) is 0.410. The van der Waals surface area contributed by atoms with Gasteiger partial charge in [0.1, 0.15) is 6.07 Å². The number of para-hydroxylation sites is 1. The topological polar surface area (TPSA) is 64.9 Å². The fraction of sp³-hybridized carbons (Fsp3) is 0.385. The second kappa shape index (κ2) is 6.54. The number of carbonyl (C=O) groups is 1. The van der Waals surface area contributed by atoms with Crippen LogP contribution in [0.15, 0.2) is 18.2 Å². The number of rotatable bonds is 5. The molecule has 0 saturated carbocycles. The van der Waals surface area contributed by atoms with Crippen molar-refractivity contribution in [1.82, 2.24) is 5.32 Å². The molecule has 4 nitrogen and oxygen atoms in total. The first-order chi connectivity index (χ1) is 8.19. The van der Waals surface area contributed by atoms with E-state index in [2.05, 4.69) is 16.7 Å². The Bertz CT molecular complexity index is 435. The van der Waals surface area contributed by atoms with Gasteiger partial charge in [-0.3, -0.25) is 4.79 Å². The van der Waals surface area contributed by atoms with Crippen molar-refractivity contribution in [2.45, 2.75) is 20.3 Å². The zero-order chi connectivity index (χ0) is 12.7. The minimum absolute atomic E-state index is 0.0205. The van der Waals surface area contributed by atoms with E-state index in [4.69, 9.17) is 5.26 Å². The molecule has 1 aromatic rings. The summed E-state index contributed by atoms with van der Waals surface area (Å²) in [4.78, 5) is 11.3. The number of nitrogens with zero attached hydrogens (tertiary/aromatic N) is 1. The molecule has 0 saturated heterocycles. The lowest BCUT2D eigenvalue weighted by atomic mass is 10.1. The van der Waals surface area contributed by atoms with Gasteiger partial charge in [-0.2, -0.15) is 5.26 Å². The van der Waals surface area contributed by atoms with Crippen LogP contribution in [0.2, 0.25) is 0 Å². The van der Waals surface area contributed by atoms with E-state index in [9.17, 15) is 4.79 Å². The number of amides is 1. The Balaban J connectivity index is 2.58. The number of aryl methyl sites for hydroxylation is 1. The normalized spacial score (nSPS) is 9.47. The van der Waals surface area contributed by atoms with Gasteiger partial charge >= 0.3 is 0 Å². The van der Waals surface area contributed by atoms with Crippen LogP contribution in [0.3, 0.4) is 0 Å². The molecule has 1 rings (SSSR count). The predicted molar refractivity (Wildman–Crippen MR) is 67.7 cm³/mol. The van der Waals surface area contributed by atoms with Crippen LogP contribution in [-0.2, 0) is 4.79 Å². The molecular formula is C13H17N3O. The highest BCUT2D eigenvalue weighted by atomic mass is 16.1. The minimum Gasteiger partial charge on any atom is -0.383 e. The minimum atomic E-state index is 0.0205. The quantitative estimate of drug-likeness (QED) is 0.812. The highest BCUT2D eigenvalue weighted by Crippen LogP contribution is 2.19. The van der Waals surface area contributed by atoms with Gasteiger partial charge in [-0.25, -0.2) is 0 Å². The Kier molecular flexibility index (Phi) is 5.02. The van der Waals surface area contributed by atoms with E-state index in [1.807, 2.05) is 26.0 Å². The SMILES string of the molecule is CCNC(=O)CCNc1c(C)cccc1C#N. The predicted octanol–water partition coefficient (Wildman–Crippen LogP) is 1.80. The summed E-state index contributed by atoms with van der Waals surface area (Å²) < 4.78 is 0. The molecule has 0 aliphatic heterocycles. The van der Waals surface area contributed by atoms with E-state index >= 15 is 0 Å². The first-order valence-corrected chi connectivity index (χ1v) is 5.69. The zero-order valence-corrected chi connectivity index (χ0v) is 10.2. The van der Waals surface area contributed by atoms with Gasteiger partial charge < -0.3 is 10.6 Å². The lowest BCUT2D eigenvalue weighted by Gasteiger charge is -2.10. The van der Waals surface area contributed by atoms with Crippen molar-refractivity contribution in [3.63, 3.8) is 0 Å². The average Bonchev–Trinajstić information content (AvgIpc) is 2.31. The first kappa shape index (κ1) is 13.0. The zero-order valence-electron chi connectivity index (χ0n) is 10.2. The molecule has 1 aromatic carbocycles. The summed E-state index contributed by atoms with van der Waals surface area (Å²) in [7, 11) is 0. The van der Waals surface area contributed by atoms with E-state index in [0.29, 0.717) is 25.1 Å². The maximum Gasteiger partial charge on any atom is 0.221 e. The molecule has 0 aliphatic carbocycles. The average molecular weight is 231 g/mol. The molecule has 0 spiro atoms. The Morgan fingerprint density at radius 2 is 2.24 bits per heavy atom. The van der Waals surface area contributed by atoms with Crippen LogP contribution in [0.4, 0.5) is 5.69 Å². The number of nitriles is 1. The molecule has 0 unspecified atom stereocenters. The number of nitrogens with one attached hydrogen (secondary N) is 2. The third-order valence-corrected chi connectivity index (χ3v) is 2.42.